The van der Waals surface area contributed by atoms with Crippen LogP contribution in [0.2, 0.25) is 0 Å². The Morgan fingerprint density at radius 2 is 2.16 bits per heavy atom. The van der Waals surface area contributed by atoms with Crippen LogP contribution in [-0.4, -0.2) is 28.5 Å². The number of thioether (sulfide) groups is 1. The van der Waals surface area contributed by atoms with E-state index >= 15 is 0 Å². The van der Waals surface area contributed by atoms with Gasteiger partial charge in [-0.2, -0.15) is 16.7 Å². The molecule has 0 aliphatic heterocycles. The summed E-state index contributed by atoms with van der Waals surface area (Å²) in [5.74, 6) is 2.83. The molecule has 108 valence electrons. The highest BCUT2D eigenvalue weighted by Crippen LogP contribution is 2.31. The van der Waals surface area contributed by atoms with Gasteiger partial charge in [-0.1, -0.05) is 24.9 Å². The SMILES string of the molecule is CCC(c1nc(CSC2CCCC2)no1)C(C)NC. The molecule has 0 aromatic carbocycles. The maximum absolute atomic E-state index is 5.44. The lowest BCUT2D eigenvalue weighted by atomic mass is 9.98. The molecule has 1 aromatic rings. The lowest BCUT2D eigenvalue weighted by Gasteiger charge is -2.17. The van der Waals surface area contributed by atoms with Crippen LogP contribution in [0.4, 0.5) is 0 Å². The molecule has 1 aliphatic carbocycles. The minimum Gasteiger partial charge on any atom is -0.339 e. The summed E-state index contributed by atoms with van der Waals surface area (Å²) in [6.07, 6.45) is 6.48. The molecule has 2 rings (SSSR count). The quantitative estimate of drug-likeness (QED) is 0.831. The van der Waals surface area contributed by atoms with Crippen molar-refractivity contribution in [1.82, 2.24) is 15.5 Å². The van der Waals surface area contributed by atoms with Crippen LogP contribution < -0.4 is 5.32 Å². The third-order valence-electron chi connectivity index (χ3n) is 4.05. The van der Waals surface area contributed by atoms with Crippen molar-refractivity contribution in [2.45, 2.75) is 68.9 Å². The Bertz CT molecular complexity index is 377. The van der Waals surface area contributed by atoms with Gasteiger partial charge in [-0.05, 0) is 33.2 Å². The summed E-state index contributed by atoms with van der Waals surface area (Å²) in [5.41, 5.74) is 0. The minimum atomic E-state index is 0.308. The normalized spacial score (nSPS) is 19.7. The van der Waals surface area contributed by atoms with Gasteiger partial charge < -0.3 is 9.84 Å². The number of aromatic nitrogens is 2. The zero-order valence-corrected chi connectivity index (χ0v) is 13.0. The van der Waals surface area contributed by atoms with Crippen LogP contribution in [-0.2, 0) is 5.75 Å². The fourth-order valence-corrected chi connectivity index (χ4v) is 3.84. The lowest BCUT2D eigenvalue weighted by Crippen LogP contribution is -2.28. The van der Waals surface area contributed by atoms with Gasteiger partial charge in [0.1, 0.15) is 0 Å². The van der Waals surface area contributed by atoms with Gasteiger partial charge in [0.05, 0.1) is 11.7 Å². The molecule has 5 heteroatoms. The van der Waals surface area contributed by atoms with Crippen molar-refractivity contribution in [3.8, 4) is 0 Å². The molecule has 4 nitrogen and oxygen atoms in total. The van der Waals surface area contributed by atoms with Gasteiger partial charge in [-0.25, -0.2) is 0 Å². The van der Waals surface area contributed by atoms with Crippen molar-refractivity contribution in [2.24, 2.45) is 0 Å². The summed E-state index contributed by atoms with van der Waals surface area (Å²) in [5, 5.41) is 8.20. The summed E-state index contributed by atoms with van der Waals surface area (Å²) in [6, 6.07) is 0.362. The molecule has 0 spiro atoms. The molecule has 0 bridgehead atoms. The monoisotopic (exact) mass is 283 g/mol. The van der Waals surface area contributed by atoms with Gasteiger partial charge >= 0.3 is 0 Å². The molecule has 2 atom stereocenters. The van der Waals surface area contributed by atoms with E-state index in [9.17, 15) is 0 Å². The minimum absolute atomic E-state index is 0.308. The van der Waals surface area contributed by atoms with Crippen LogP contribution in [0.25, 0.3) is 0 Å². The van der Waals surface area contributed by atoms with Gasteiger partial charge in [-0.3, -0.25) is 0 Å². The van der Waals surface area contributed by atoms with Gasteiger partial charge in [0, 0.05) is 11.3 Å². The van der Waals surface area contributed by atoms with E-state index in [4.69, 9.17) is 4.52 Å². The predicted octanol–water partition coefficient (Wildman–Crippen LogP) is 3.35. The molecule has 1 saturated carbocycles. The fraction of sp³-hybridized carbons (Fsp3) is 0.857. The number of rotatable bonds is 7. The molecule has 0 amide bonds. The Morgan fingerprint density at radius 1 is 1.42 bits per heavy atom. The van der Waals surface area contributed by atoms with E-state index in [0.29, 0.717) is 12.0 Å². The lowest BCUT2D eigenvalue weighted by molar-refractivity contribution is 0.320. The highest BCUT2D eigenvalue weighted by Gasteiger charge is 2.23. The number of hydrogen-bond acceptors (Lipinski definition) is 5. The fourth-order valence-electron chi connectivity index (χ4n) is 2.67. The molecule has 1 N–H and O–H groups in total. The highest BCUT2D eigenvalue weighted by molar-refractivity contribution is 7.99. The third-order valence-corrected chi connectivity index (χ3v) is 5.42. The molecular weight excluding hydrogens is 258 g/mol. The first kappa shape index (κ1) is 14.9. The van der Waals surface area contributed by atoms with Gasteiger partial charge in [0.2, 0.25) is 5.89 Å². The second kappa shape index (κ2) is 7.29. The second-order valence-electron chi connectivity index (χ2n) is 5.36. The predicted molar refractivity (Wildman–Crippen MR) is 79.4 cm³/mol. The molecule has 1 fully saturated rings. The summed E-state index contributed by atoms with van der Waals surface area (Å²) in [7, 11) is 1.97. The Balaban J connectivity index is 1.89. The molecule has 1 heterocycles. The third kappa shape index (κ3) is 3.96. The van der Waals surface area contributed by atoms with Crippen molar-refractivity contribution in [3.05, 3.63) is 11.7 Å². The largest absolute Gasteiger partial charge is 0.339 e. The molecule has 1 aliphatic rings. The number of hydrogen-bond donors (Lipinski definition) is 1. The standard InChI is InChI=1S/C14H25N3OS/c1-4-12(10(2)15-3)14-16-13(17-18-14)9-19-11-7-5-6-8-11/h10-12,15H,4-9H2,1-3H3. The van der Waals surface area contributed by atoms with E-state index in [0.717, 1.165) is 29.1 Å². The highest BCUT2D eigenvalue weighted by atomic mass is 32.2. The topological polar surface area (TPSA) is 51.0 Å². The number of nitrogens with one attached hydrogen (secondary N) is 1. The van der Waals surface area contributed by atoms with Crippen molar-refractivity contribution in [2.75, 3.05) is 7.05 Å². The van der Waals surface area contributed by atoms with Crippen molar-refractivity contribution in [1.29, 1.82) is 0 Å². The maximum atomic E-state index is 5.44. The first-order valence-corrected chi connectivity index (χ1v) is 8.40. The van der Waals surface area contributed by atoms with Crippen molar-refractivity contribution < 1.29 is 4.52 Å². The molecular formula is C14H25N3OS. The van der Waals surface area contributed by atoms with E-state index < -0.39 is 0 Å². The Kier molecular flexibility index (Phi) is 5.70. The molecule has 0 radical (unpaired) electrons. The van der Waals surface area contributed by atoms with Crippen LogP contribution >= 0.6 is 11.8 Å². The van der Waals surface area contributed by atoms with E-state index in [-0.39, 0.29) is 0 Å². The Hall–Kier alpha value is -0.550. The number of likely N-dealkylation sites (N-methyl/N-ethyl adjacent to an activating group) is 1. The summed E-state index contributed by atoms with van der Waals surface area (Å²) in [6.45, 7) is 4.32. The second-order valence-corrected chi connectivity index (χ2v) is 6.65. The van der Waals surface area contributed by atoms with Crippen LogP contribution in [0.3, 0.4) is 0 Å². The van der Waals surface area contributed by atoms with E-state index in [1.54, 1.807) is 0 Å². The summed E-state index contributed by atoms with van der Waals surface area (Å²) < 4.78 is 5.44. The van der Waals surface area contributed by atoms with E-state index in [1.807, 2.05) is 18.8 Å². The number of nitrogens with zero attached hydrogens (tertiary/aromatic N) is 2. The summed E-state index contributed by atoms with van der Waals surface area (Å²) in [4.78, 5) is 4.57. The van der Waals surface area contributed by atoms with Crippen molar-refractivity contribution in [3.63, 3.8) is 0 Å². The maximum Gasteiger partial charge on any atom is 0.231 e. The molecule has 1 aromatic heterocycles. The average Bonchev–Trinajstić information content (AvgIpc) is 3.08. The van der Waals surface area contributed by atoms with Crippen LogP contribution in [0, 0.1) is 0 Å². The van der Waals surface area contributed by atoms with Crippen LogP contribution in [0.5, 0.6) is 0 Å². The van der Waals surface area contributed by atoms with Crippen LogP contribution in [0.1, 0.15) is 63.6 Å². The first-order valence-electron chi connectivity index (χ1n) is 7.36. The first-order chi connectivity index (χ1) is 9.24. The van der Waals surface area contributed by atoms with E-state index in [2.05, 4.69) is 29.3 Å². The Morgan fingerprint density at radius 3 is 2.79 bits per heavy atom. The zero-order valence-electron chi connectivity index (χ0n) is 12.2. The average molecular weight is 283 g/mol. The molecule has 2 unspecified atom stereocenters. The molecule has 0 saturated heterocycles. The van der Waals surface area contributed by atoms with Crippen LogP contribution in [0.15, 0.2) is 4.52 Å². The smallest absolute Gasteiger partial charge is 0.231 e. The van der Waals surface area contributed by atoms with E-state index in [1.165, 1.54) is 25.7 Å². The summed E-state index contributed by atoms with van der Waals surface area (Å²) >= 11 is 1.98. The van der Waals surface area contributed by atoms with Gasteiger partial charge in [0.25, 0.3) is 0 Å². The molecule has 19 heavy (non-hydrogen) atoms. The van der Waals surface area contributed by atoms with Crippen molar-refractivity contribution >= 4 is 11.8 Å². The van der Waals surface area contributed by atoms with Gasteiger partial charge in [0.15, 0.2) is 5.82 Å². The van der Waals surface area contributed by atoms with Gasteiger partial charge in [-0.15, -0.1) is 0 Å². The zero-order chi connectivity index (χ0) is 13.7. The Labute approximate surface area is 120 Å².